The van der Waals surface area contributed by atoms with E-state index in [1.165, 1.54) is 6.21 Å². The summed E-state index contributed by atoms with van der Waals surface area (Å²) in [6, 6.07) is 6.86. The highest BCUT2D eigenvalue weighted by Gasteiger charge is 2.26. The van der Waals surface area contributed by atoms with Gasteiger partial charge in [-0.25, -0.2) is 14.5 Å². The predicted molar refractivity (Wildman–Crippen MR) is 90.4 cm³/mol. The molecule has 2 aromatic rings. The van der Waals surface area contributed by atoms with E-state index in [0.29, 0.717) is 28.0 Å². The number of rotatable bonds is 4. The van der Waals surface area contributed by atoms with E-state index in [-0.39, 0.29) is 6.54 Å². The molecule has 24 heavy (non-hydrogen) atoms. The maximum Gasteiger partial charge on any atom is 0.344 e. The van der Waals surface area contributed by atoms with Crippen LogP contribution in [0.1, 0.15) is 16.8 Å². The molecular formula is C15H13Cl2N5O2. The topological polar surface area (TPSA) is 79.6 Å². The zero-order chi connectivity index (χ0) is 17.3. The molecule has 1 aliphatic heterocycles. The van der Waals surface area contributed by atoms with E-state index in [2.05, 4.69) is 15.5 Å². The van der Waals surface area contributed by atoms with Gasteiger partial charge in [-0.15, -0.1) is 0 Å². The SMILES string of the molecule is Cc1nn(Cc2ccccc2Cl)c(Cl)c1C=NN1CC(=O)NC1=O. The van der Waals surface area contributed by atoms with Gasteiger partial charge in [-0.2, -0.15) is 10.2 Å². The van der Waals surface area contributed by atoms with Gasteiger partial charge in [0.1, 0.15) is 11.7 Å². The number of nitrogens with one attached hydrogen (secondary N) is 1. The van der Waals surface area contributed by atoms with Crippen molar-refractivity contribution in [1.29, 1.82) is 0 Å². The van der Waals surface area contributed by atoms with Crippen LogP contribution in [0.2, 0.25) is 10.2 Å². The van der Waals surface area contributed by atoms with Gasteiger partial charge in [-0.3, -0.25) is 10.1 Å². The number of aromatic nitrogens is 2. The molecule has 1 aromatic carbocycles. The maximum atomic E-state index is 11.5. The number of hydrazone groups is 1. The van der Waals surface area contributed by atoms with Crippen LogP contribution in [0.15, 0.2) is 29.4 Å². The van der Waals surface area contributed by atoms with Crippen LogP contribution in [0, 0.1) is 6.92 Å². The quantitative estimate of drug-likeness (QED) is 0.667. The molecule has 9 heteroatoms. The zero-order valence-electron chi connectivity index (χ0n) is 12.7. The highest BCUT2D eigenvalue weighted by Crippen LogP contribution is 2.22. The maximum absolute atomic E-state index is 11.5. The van der Waals surface area contributed by atoms with Crippen LogP contribution in [0.3, 0.4) is 0 Å². The summed E-state index contributed by atoms with van der Waals surface area (Å²) in [5.41, 5.74) is 2.12. The fraction of sp³-hybridized carbons (Fsp3) is 0.200. The van der Waals surface area contributed by atoms with Gasteiger partial charge >= 0.3 is 6.03 Å². The van der Waals surface area contributed by atoms with Crippen LogP contribution >= 0.6 is 23.2 Å². The van der Waals surface area contributed by atoms with E-state index in [9.17, 15) is 9.59 Å². The molecule has 0 unspecified atom stereocenters. The Kier molecular flexibility index (Phi) is 4.55. The molecular weight excluding hydrogens is 353 g/mol. The predicted octanol–water partition coefficient (Wildman–Crippen LogP) is 2.43. The molecule has 7 nitrogen and oxygen atoms in total. The van der Waals surface area contributed by atoms with E-state index < -0.39 is 11.9 Å². The highest BCUT2D eigenvalue weighted by atomic mass is 35.5. The monoisotopic (exact) mass is 365 g/mol. The molecule has 1 aliphatic rings. The van der Waals surface area contributed by atoms with E-state index in [0.717, 1.165) is 10.6 Å². The third-order valence-corrected chi connectivity index (χ3v) is 4.26. The number of nitrogens with zero attached hydrogens (tertiary/aromatic N) is 4. The number of aryl methyl sites for hydroxylation is 1. The molecule has 0 bridgehead atoms. The molecule has 1 N–H and O–H groups in total. The first-order chi connectivity index (χ1) is 11.5. The molecule has 2 heterocycles. The van der Waals surface area contributed by atoms with Crippen molar-refractivity contribution in [2.75, 3.05) is 6.54 Å². The second-order valence-electron chi connectivity index (χ2n) is 5.19. The Morgan fingerprint density at radius 1 is 1.33 bits per heavy atom. The summed E-state index contributed by atoms with van der Waals surface area (Å²) in [6.07, 6.45) is 1.42. The summed E-state index contributed by atoms with van der Waals surface area (Å²) in [6.45, 7) is 2.08. The number of carbonyl (C=O) groups is 2. The lowest BCUT2D eigenvalue weighted by Gasteiger charge is -2.06. The molecule has 3 amide bonds. The first-order valence-corrected chi connectivity index (χ1v) is 7.83. The Morgan fingerprint density at radius 3 is 2.75 bits per heavy atom. The molecule has 1 saturated heterocycles. The Morgan fingerprint density at radius 2 is 2.08 bits per heavy atom. The van der Waals surface area contributed by atoms with Gasteiger partial charge in [0.25, 0.3) is 0 Å². The number of halogens is 2. The average Bonchev–Trinajstić information content (AvgIpc) is 2.99. The van der Waals surface area contributed by atoms with Gasteiger partial charge in [-0.05, 0) is 18.6 Å². The molecule has 0 radical (unpaired) electrons. The number of hydrogen-bond donors (Lipinski definition) is 1. The zero-order valence-corrected chi connectivity index (χ0v) is 14.2. The summed E-state index contributed by atoms with van der Waals surface area (Å²) in [5, 5.41) is 12.6. The van der Waals surface area contributed by atoms with Crippen molar-refractivity contribution in [3.05, 3.63) is 51.3 Å². The second-order valence-corrected chi connectivity index (χ2v) is 5.96. The number of carbonyl (C=O) groups excluding carboxylic acids is 2. The van der Waals surface area contributed by atoms with Gasteiger partial charge in [0.05, 0.1) is 24.0 Å². The third-order valence-electron chi connectivity index (χ3n) is 3.49. The van der Waals surface area contributed by atoms with Crippen molar-refractivity contribution in [2.45, 2.75) is 13.5 Å². The fourth-order valence-corrected chi connectivity index (χ4v) is 2.74. The van der Waals surface area contributed by atoms with Crippen LogP contribution in [0.4, 0.5) is 4.79 Å². The molecule has 1 fully saturated rings. The summed E-state index contributed by atoms with van der Waals surface area (Å²) < 4.78 is 1.61. The van der Waals surface area contributed by atoms with Crippen molar-refractivity contribution < 1.29 is 9.59 Å². The number of urea groups is 1. The van der Waals surface area contributed by atoms with Crippen LogP contribution in [-0.4, -0.2) is 39.5 Å². The number of benzene rings is 1. The minimum Gasteiger partial charge on any atom is -0.275 e. The summed E-state index contributed by atoms with van der Waals surface area (Å²) in [5.74, 6) is -0.394. The van der Waals surface area contributed by atoms with Crippen LogP contribution in [0.25, 0.3) is 0 Å². The smallest absolute Gasteiger partial charge is 0.275 e. The van der Waals surface area contributed by atoms with Gasteiger partial charge < -0.3 is 0 Å². The van der Waals surface area contributed by atoms with Crippen molar-refractivity contribution in [1.82, 2.24) is 20.1 Å². The van der Waals surface area contributed by atoms with Gasteiger partial charge in [0, 0.05) is 5.02 Å². The Bertz CT molecular complexity index is 846. The lowest BCUT2D eigenvalue weighted by molar-refractivity contribution is -0.118. The number of imide groups is 1. The molecule has 0 atom stereocenters. The molecule has 0 aliphatic carbocycles. The molecule has 0 saturated carbocycles. The Labute approximate surface area is 147 Å². The van der Waals surface area contributed by atoms with Crippen LogP contribution < -0.4 is 5.32 Å². The lowest BCUT2D eigenvalue weighted by Crippen LogP contribution is -2.24. The summed E-state index contributed by atoms with van der Waals surface area (Å²) in [7, 11) is 0. The second kappa shape index (κ2) is 6.62. The van der Waals surface area contributed by atoms with Crippen molar-refractivity contribution in [3.8, 4) is 0 Å². The Balaban J connectivity index is 1.83. The Hall–Kier alpha value is -2.38. The lowest BCUT2D eigenvalue weighted by atomic mass is 10.2. The first-order valence-electron chi connectivity index (χ1n) is 7.07. The van der Waals surface area contributed by atoms with Crippen molar-refractivity contribution in [3.63, 3.8) is 0 Å². The van der Waals surface area contributed by atoms with E-state index in [4.69, 9.17) is 23.2 Å². The number of hydrogen-bond acceptors (Lipinski definition) is 4. The van der Waals surface area contributed by atoms with E-state index >= 15 is 0 Å². The minimum atomic E-state index is -0.562. The van der Waals surface area contributed by atoms with Crippen molar-refractivity contribution in [2.24, 2.45) is 5.10 Å². The van der Waals surface area contributed by atoms with E-state index in [1.54, 1.807) is 17.7 Å². The first kappa shape index (κ1) is 16.5. The molecule has 3 rings (SSSR count). The summed E-state index contributed by atoms with van der Waals surface area (Å²) in [4.78, 5) is 22.6. The normalized spacial score (nSPS) is 14.7. The molecule has 1 aromatic heterocycles. The van der Waals surface area contributed by atoms with Gasteiger partial charge in [0.2, 0.25) is 5.91 Å². The summed E-state index contributed by atoms with van der Waals surface area (Å²) >= 11 is 12.5. The minimum absolute atomic E-state index is 0.111. The van der Waals surface area contributed by atoms with Crippen LogP contribution in [0.5, 0.6) is 0 Å². The van der Waals surface area contributed by atoms with Crippen molar-refractivity contribution >= 4 is 41.4 Å². The highest BCUT2D eigenvalue weighted by molar-refractivity contribution is 6.32. The third kappa shape index (κ3) is 3.27. The fourth-order valence-electron chi connectivity index (χ4n) is 2.26. The van der Waals surface area contributed by atoms with Gasteiger partial charge in [-0.1, -0.05) is 41.4 Å². The van der Waals surface area contributed by atoms with E-state index in [1.807, 2.05) is 18.2 Å². The average molecular weight is 366 g/mol. The molecule has 0 spiro atoms. The standard InChI is InChI=1S/C15H13Cl2N5O2/c1-9-11(6-18-22-8-13(23)19-15(22)24)14(17)21(20-9)7-10-4-2-3-5-12(10)16/h2-6H,7-8H2,1H3,(H,19,23,24). The largest absolute Gasteiger partial charge is 0.344 e. The number of amides is 3. The van der Waals surface area contributed by atoms with Gasteiger partial charge in [0.15, 0.2) is 0 Å². The molecule has 124 valence electrons. The van der Waals surface area contributed by atoms with Crippen LogP contribution in [-0.2, 0) is 11.3 Å².